The van der Waals surface area contributed by atoms with Crippen molar-refractivity contribution in [3.05, 3.63) is 68.8 Å². The molecule has 1 N–H and O–H groups in total. The molecule has 4 rings (SSSR count). The van der Waals surface area contributed by atoms with E-state index in [2.05, 4.69) is 15.0 Å². The quantitative estimate of drug-likeness (QED) is 0.783. The third-order valence-corrected chi connectivity index (χ3v) is 5.21. The Balaban J connectivity index is 1.53. The van der Waals surface area contributed by atoms with Crippen molar-refractivity contribution in [1.82, 2.24) is 19.5 Å². The number of hydrogen-bond donors (Lipinski definition) is 1. The minimum absolute atomic E-state index is 0.0737. The third kappa shape index (κ3) is 2.92. The molecule has 1 aliphatic rings. The monoisotopic (exact) mass is 358 g/mol. The molecule has 0 saturated carbocycles. The molecule has 0 spiro atoms. The first-order valence-corrected chi connectivity index (χ1v) is 8.67. The smallest absolute Gasteiger partial charge is 0.275 e. The second-order valence-corrected chi connectivity index (χ2v) is 7.00. The lowest BCUT2D eigenvalue weighted by Crippen LogP contribution is -2.20. The van der Waals surface area contributed by atoms with Gasteiger partial charge >= 0.3 is 0 Å². The zero-order chi connectivity index (χ0) is 18.4. The summed E-state index contributed by atoms with van der Waals surface area (Å²) in [6.07, 6.45) is 0.934. The Morgan fingerprint density at radius 1 is 1.23 bits per heavy atom. The molecule has 0 amide bonds. The molecule has 3 heterocycles. The van der Waals surface area contributed by atoms with Gasteiger partial charge < -0.3 is 0 Å². The second kappa shape index (κ2) is 6.32. The Kier molecular flexibility index (Phi) is 4.11. The van der Waals surface area contributed by atoms with Crippen molar-refractivity contribution >= 4 is 5.65 Å². The number of benzene rings is 1. The molecule has 136 valence electrons. The van der Waals surface area contributed by atoms with Crippen LogP contribution >= 0.6 is 0 Å². The van der Waals surface area contributed by atoms with Gasteiger partial charge in [-0.25, -0.2) is 18.3 Å². The number of likely N-dealkylation sites (tertiary alicyclic amines) is 1. The summed E-state index contributed by atoms with van der Waals surface area (Å²) >= 11 is 0. The SMILES string of the molecule is Cc1nc2cc([C@H]3CCN(Cc4ccc(F)c(F)c4)C3)[nH]n2c(=O)c1C. The van der Waals surface area contributed by atoms with Crippen LogP contribution in [0.15, 0.2) is 29.1 Å². The van der Waals surface area contributed by atoms with Crippen LogP contribution in [0.1, 0.15) is 34.9 Å². The zero-order valence-electron chi connectivity index (χ0n) is 14.7. The van der Waals surface area contributed by atoms with Crippen LogP contribution in [-0.4, -0.2) is 32.6 Å². The zero-order valence-corrected chi connectivity index (χ0v) is 14.7. The summed E-state index contributed by atoms with van der Waals surface area (Å²) in [4.78, 5) is 19.0. The van der Waals surface area contributed by atoms with E-state index in [1.807, 2.05) is 13.0 Å². The average Bonchev–Trinajstić information content (AvgIpc) is 3.23. The third-order valence-electron chi connectivity index (χ3n) is 5.21. The number of fused-ring (bicyclic) bond motifs is 1. The Morgan fingerprint density at radius 2 is 2.04 bits per heavy atom. The van der Waals surface area contributed by atoms with Crippen LogP contribution in [0.5, 0.6) is 0 Å². The topological polar surface area (TPSA) is 53.4 Å². The first-order chi connectivity index (χ1) is 12.4. The van der Waals surface area contributed by atoms with Crippen LogP contribution in [0.3, 0.4) is 0 Å². The van der Waals surface area contributed by atoms with Gasteiger partial charge in [-0.05, 0) is 44.5 Å². The van der Waals surface area contributed by atoms with Crippen LogP contribution in [0, 0.1) is 25.5 Å². The summed E-state index contributed by atoms with van der Waals surface area (Å²) in [5.74, 6) is -1.39. The van der Waals surface area contributed by atoms with Crippen molar-refractivity contribution < 1.29 is 8.78 Å². The van der Waals surface area contributed by atoms with Crippen molar-refractivity contribution in [2.45, 2.75) is 32.7 Å². The summed E-state index contributed by atoms with van der Waals surface area (Å²) in [6.45, 7) is 5.83. The standard InChI is InChI=1S/C19H20F2N4O/c1-11-12(2)22-18-8-17(23-25(18)19(11)26)14-5-6-24(10-14)9-13-3-4-15(20)16(21)7-13/h3-4,7-8,14,23H,5-6,9-10H2,1-2H3/t14-/m0/s1. The van der Waals surface area contributed by atoms with E-state index in [1.54, 1.807) is 13.0 Å². The fourth-order valence-electron chi connectivity index (χ4n) is 3.57. The summed E-state index contributed by atoms with van der Waals surface area (Å²) in [7, 11) is 0. The fraction of sp³-hybridized carbons (Fsp3) is 0.368. The van der Waals surface area contributed by atoms with Gasteiger partial charge in [-0.2, -0.15) is 0 Å². The number of nitrogens with one attached hydrogen (secondary N) is 1. The maximum atomic E-state index is 13.4. The molecule has 1 fully saturated rings. The largest absolute Gasteiger partial charge is 0.298 e. The lowest BCUT2D eigenvalue weighted by Gasteiger charge is -2.15. The molecular weight excluding hydrogens is 338 g/mol. The van der Waals surface area contributed by atoms with E-state index in [0.29, 0.717) is 17.8 Å². The van der Waals surface area contributed by atoms with Gasteiger partial charge in [0.05, 0.1) is 0 Å². The number of halogens is 2. The predicted molar refractivity (Wildman–Crippen MR) is 94.3 cm³/mol. The Hall–Kier alpha value is -2.54. The van der Waals surface area contributed by atoms with E-state index in [-0.39, 0.29) is 11.5 Å². The molecule has 1 aromatic carbocycles. The molecule has 0 radical (unpaired) electrons. The summed E-state index contributed by atoms with van der Waals surface area (Å²) in [5, 5.41) is 3.18. The van der Waals surface area contributed by atoms with Crippen molar-refractivity contribution in [3.8, 4) is 0 Å². The Labute approximate surface area is 149 Å². The average molecular weight is 358 g/mol. The fourth-order valence-corrected chi connectivity index (χ4v) is 3.57. The molecule has 3 aromatic rings. The Morgan fingerprint density at radius 3 is 2.81 bits per heavy atom. The highest BCUT2D eigenvalue weighted by Gasteiger charge is 2.26. The van der Waals surface area contributed by atoms with Gasteiger partial charge in [0.2, 0.25) is 0 Å². The van der Waals surface area contributed by atoms with E-state index >= 15 is 0 Å². The molecular formula is C19H20F2N4O. The van der Waals surface area contributed by atoms with Crippen molar-refractivity contribution in [2.75, 3.05) is 13.1 Å². The molecule has 1 aliphatic heterocycles. The summed E-state index contributed by atoms with van der Waals surface area (Å²) in [6, 6.07) is 5.96. The van der Waals surface area contributed by atoms with E-state index < -0.39 is 11.6 Å². The predicted octanol–water partition coefficient (Wildman–Crippen LogP) is 2.91. The molecule has 5 nitrogen and oxygen atoms in total. The molecule has 7 heteroatoms. The molecule has 2 aromatic heterocycles. The van der Waals surface area contributed by atoms with Gasteiger partial charge in [0, 0.05) is 42.0 Å². The molecule has 26 heavy (non-hydrogen) atoms. The lowest BCUT2D eigenvalue weighted by molar-refractivity contribution is 0.325. The van der Waals surface area contributed by atoms with Gasteiger partial charge in [0.1, 0.15) is 0 Å². The van der Waals surface area contributed by atoms with Gasteiger partial charge in [-0.1, -0.05) is 6.07 Å². The van der Waals surface area contributed by atoms with E-state index in [1.165, 1.54) is 16.6 Å². The first-order valence-electron chi connectivity index (χ1n) is 8.67. The number of hydrogen-bond acceptors (Lipinski definition) is 3. The minimum atomic E-state index is -0.824. The van der Waals surface area contributed by atoms with Crippen LogP contribution < -0.4 is 5.56 Å². The summed E-state index contributed by atoms with van der Waals surface area (Å²) < 4.78 is 27.9. The normalized spacial score (nSPS) is 18.1. The van der Waals surface area contributed by atoms with Gasteiger partial charge in [0.25, 0.3) is 5.56 Å². The van der Waals surface area contributed by atoms with E-state index in [9.17, 15) is 13.6 Å². The maximum Gasteiger partial charge on any atom is 0.275 e. The molecule has 1 atom stereocenters. The number of nitrogens with zero attached hydrogens (tertiary/aromatic N) is 3. The van der Waals surface area contributed by atoms with E-state index in [0.717, 1.165) is 36.5 Å². The number of H-pyrrole nitrogens is 1. The van der Waals surface area contributed by atoms with Gasteiger partial charge in [-0.3, -0.25) is 14.8 Å². The van der Waals surface area contributed by atoms with Crippen LogP contribution in [-0.2, 0) is 6.54 Å². The highest BCUT2D eigenvalue weighted by Crippen LogP contribution is 2.28. The molecule has 0 bridgehead atoms. The molecule has 1 saturated heterocycles. The second-order valence-electron chi connectivity index (χ2n) is 7.00. The van der Waals surface area contributed by atoms with Crippen molar-refractivity contribution in [2.24, 2.45) is 0 Å². The number of aryl methyl sites for hydroxylation is 1. The number of aromatic nitrogens is 3. The van der Waals surface area contributed by atoms with Gasteiger partial charge in [0.15, 0.2) is 17.3 Å². The highest BCUT2D eigenvalue weighted by atomic mass is 19.2. The van der Waals surface area contributed by atoms with Crippen LogP contribution in [0.4, 0.5) is 8.78 Å². The number of rotatable bonds is 3. The van der Waals surface area contributed by atoms with Crippen LogP contribution in [0.25, 0.3) is 5.65 Å². The van der Waals surface area contributed by atoms with Gasteiger partial charge in [-0.15, -0.1) is 0 Å². The molecule has 0 aliphatic carbocycles. The number of aromatic amines is 1. The lowest BCUT2D eigenvalue weighted by atomic mass is 10.1. The summed E-state index contributed by atoms with van der Waals surface area (Å²) in [5.41, 5.74) is 3.68. The minimum Gasteiger partial charge on any atom is -0.298 e. The Bertz CT molecular complexity index is 1040. The highest BCUT2D eigenvalue weighted by molar-refractivity contribution is 5.42. The van der Waals surface area contributed by atoms with Crippen LogP contribution in [0.2, 0.25) is 0 Å². The first kappa shape index (κ1) is 16.9. The van der Waals surface area contributed by atoms with Crippen molar-refractivity contribution in [3.63, 3.8) is 0 Å². The van der Waals surface area contributed by atoms with E-state index in [4.69, 9.17) is 0 Å². The molecule has 0 unspecified atom stereocenters. The maximum absolute atomic E-state index is 13.4. The van der Waals surface area contributed by atoms with Crippen molar-refractivity contribution in [1.29, 1.82) is 0 Å².